The molecule has 6 heteroatoms. The smallest absolute Gasteiger partial charge is 0.288 e. The number of aryl methyl sites for hydroxylation is 1. The Balaban J connectivity index is 1.30. The molecule has 0 saturated carbocycles. The van der Waals surface area contributed by atoms with E-state index in [0.29, 0.717) is 12.3 Å². The van der Waals surface area contributed by atoms with Crippen LogP contribution >= 0.6 is 11.8 Å². The van der Waals surface area contributed by atoms with Crippen LogP contribution in [0.15, 0.2) is 24.3 Å². The number of carbonyl (C=O) groups is 2. The summed E-state index contributed by atoms with van der Waals surface area (Å²) in [5, 5.41) is -0.0838. The zero-order valence-corrected chi connectivity index (χ0v) is 15.6. The van der Waals surface area contributed by atoms with Gasteiger partial charge in [-0.05, 0) is 37.9 Å². The SMILES string of the molecule is CN(CCCCCCN1C(=O)CSC1=O)C1CCc2ccccc2O1. The fourth-order valence-electron chi connectivity index (χ4n) is 3.35. The molecule has 2 aliphatic rings. The number of nitrogens with zero attached hydrogens (tertiary/aromatic N) is 2. The van der Waals surface area contributed by atoms with Gasteiger partial charge in [0.05, 0.1) is 5.75 Å². The Labute approximate surface area is 153 Å². The van der Waals surface area contributed by atoms with Crippen molar-refractivity contribution in [2.75, 3.05) is 25.9 Å². The number of hydrogen-bond donors (Lipinski definition) is 0. The highest BCUT2D eigenvalue weighted by molar-refractivity contribution is 8.14. The fraction of sp³-hybridized carbons (Fsp3) is 0.579. The molecule has 2 heterocycles. The number of amides is 2. The number of unbranched alkanes of at least 4 members (excludes halogenated alkanes) is 3. The van der Waals surface area contributed by atoms with Gasteiger partial charge in [0.1, 0.15) is 5.75 Å². The molecule has 136 valence electrons. The van der Waals surface area contributed by atoms with E-state index in [2.05, 4.69) is 30.1 Å². The molecular formula is C19H26N2O3S. The first-order chi connectivity index (χ1) is 12.1. The quantitative estimate of drug-likeness (QED) is 0.662. The number of carbonyl (C=O) groups excluding carboxylic acids is 2. The molecule has 0 spiro atoms. The van der Waals surface area contributed by atoms with Crippen molar-refractivity contribution < 1.29 is 14.3 Å². The normalized spacial score (nSPS) is 20.1. The van der Waals surface area contributed by atoms with Gasteiger partial charge in [0, 0.05) is 19.5 Å². The molecular weight excluding hydrogens is 336 g/mol. The Morgan fingerprint density at radius 1 is 1.20 bits per heavy atom. The van der Waals surface area contributed by atoms with Crippen molar-refractivity contribution >= 4 is 22.9 Å². The molecule has 1 aromatic rings. The topological polar surface area (TPSA) is 49.9 Å². The van der Waals surface area contributed by atoms with Gasteiger partial charge in [0.2, 0.25) is 5.91 Å². The molecule has 3 rings (SSSR count). The van der Waals surface area contributed by atoms with Crippen molar-refractivity contribution in [2.24, 2.45) is 0 Å². The highest BCUT2D eigenvalue weighted by Crippen LogP contribution is 2.28. The van der Waals surface area contributed by atoms with Crippen LogP contribution in [-0.2, 0) is 11.2 Å². The van der Waals surface area contributed by atoms with E-state index in [0.717, 1.165) is 62.6 Å². The maximum Gasteiger partial charge on any atom is 0.288 e. The van der Waals surface area contributed by atoms with E-state index in [-0.39, 0.29) is 17.4 Å². The first-order valence-corrected chi connectivity index (χ1v) is 10.1. The van der Waals surface area contributed by atoms with Crippen molar-refractivity contribution in [3.8, 4) is 5.75 Å². The van der Waals surface area contributed by atoms with Gasteiger partial charge in [-0.15, -0.1) is 0 Å². The second kappa shape index (κ2) is 8.72. The van der Waals surface area contributed by atoms with Crippen LogP contribution in [0.4, 0.5) is 4.79 Å². The van der Waals surface area contributed by atoms with Crippen LogP contribution in [0.25, 0.3) is 0 Å². The van der Waals surface area contributed by atoms with Crippen LogP contribution in [-0.4, -0.2) is 53.1 Å². The lowest BCUT2D eigenvalue weighted by molar-refractivity contribution is -0.124. The van der Waals surface area contributed by atoms with Gasteiger partial charge in [-0.25, -0.2) is 0 Å². The van der Waals surface area contributed by atoms with Crippen LogP contribution in [0.3, 0.4) is 0 Å². The van der Waals surface area contributed by atoms with E-state index in [1.54, 1.807) is 0 Å². The van der Waals surface area contributed by atoms with Crippen LogP contribution in [0.2, 0.25) is 0 Å². The van der Waals surface area contributed by atoms with Gasteiger partial charge < -0.3 is 4.74 Å². The lowest BCUT2D eigenvalue weighted by atomic mass is 10.0. The molecule has 0 bridgehead atoms. The third-order valence-electron chi connectivity index (χ3n) is 4.87. The molecule has 1 atom stereocenters. The number of hydrogen-bond acceptors (Lipinski definition) is 5. The Bertz CT molecular complexity index is 606. The summed E-state index contributed by atoms with van der Waals surface area (Å²) < 4.78 is 6.10. The van der Waals surface area contributed by atoms with Gasteiger partial charge in [-0.2, -0.15) is 0 Å². The molecule has 1 fully saturated rings. The highest BCUT2D eigenvalue weighted by atomic mass is 32.2. The molecule has 0 aromatic heterocycles. The second-order valence-corrected chi connectivity index (χ2v) is 7.64. The summed E-state index contributed by atoms with van der Waals surface area (Å²) in [6.45, 7) is 1.58. The average Bonchev–Trinajstić information content (AvgIpc) is 2.95. The summed E-state index contributed by atoms with van der Waals surface area (Å²) in [5.41, 5.74) is 1.30. The number of imide groups is 1. The van der Waals surface area contributed by atoms with Gasteiger partial charge in [-0.3, -0.25) is 19.4 Å². The first kappa shape index (κ1) is 18.3. The minimum atomic E-state index is -0.0838. The largest absolute Gasteiger partial charge is 0.475 e. The molecule has 0 radical (unpaired) electrons. The number of para-hydroxylation sites is 1. The molecule has 25 heavy (non-hydrogen) atoms. The molecule has 1 aromatic carbocycles. The van der Waals surface area contributed by atoms with E-state index in [1.807, 2.05) is 6.07 Å². The second-order valence-electron chi connectivity index (χ2n) is 6.71. The highest BCUT2D eigenvalue weighted by Gasteiger charge is 2.29. The molecule has 2 aliphatic heterocycles. The van der Waals surface area contributed by atoms with Crippen LogP contribution in [0.1, 0.15) is 37.7 Å². The zero-order chi connectivity index (χ0) is 17.6. The van der Waals surface area contributed by atoms with Gasteiger partial charge in [0.25, 0.3) is 5.24 Å². The summed E-state index contributed by atoms with van der Waals surface area (Å²) in [6, 6.07) is 8.28. The van der Waals surface area contributed by atoms with E-state index >= 15 is 0 Å². The Morgan fingerprint density at radius 2 is 2.00 bits per heavy atom. The van der Waals surface area contributed by atoms with Gasteiger partial charge >= 0.3 is 0 Å². The third-order valence-corrected chi connectivity index (χ3v) is 5.73. The first-order valence-electron chi connectivity index (χ1n) is 9.07. The fourth-order valence-corrected chi connectivity index (χ4v) is 4.10. The Morgan fingerprint density at radius 3 is 2.80 bits per heavy atom. The van der Waals surface area contributed by atoms with Crippen LogP contribution < -0.4 is 4.74 Å². The number of ether oxygens (including phenoxy) is 1. The lowest BCUT2D eigenvalue weighted by Gasteiger charge is -2.32. The predicted octanol–water partition coefficient (Wildman–Crippen LogP) is 3.53. The number of benzene rings is 1. The molecule has 1 saturated heterocycles. The monoisotopic (exact) mass is 362 g/mol. The lowest BCUT2D eigenvalue weighted by Crippen LogP contribution is -2.39. The zero-order valence-electron chi connectivity index (χ0n) is 14.8. The summed E-state index contributed by atoms with van der Waals surface area (Å²) in [6.07, 6.45) is 6.42. The maximum atomic E-state index is 11.5. The van der Waals surface area contributed by atoms with E-state index < -0.39 is 0 Å². The summed E-state index contributed by atoms with van der Waals surface area (Å²) in [7, 11) is 2.12. The van der Waals surface area contributed by atoms with Gasteiger partial charge in [0.15, 0.2) is 6.23 Å². The van der Waals surface area contributed by atoms with Crippen molar-refractivity contribution in [3.63, 3.8) is 0 Å². The van der Waals surface area contributed by atoms with E-state index in [9.17, 15) is 9.59 Å². The Hall–Kier alpha value is -1.53. The van der Waals surface area contributed by atoms with Gasteiger partial charge in [-0.1, -0.05) is 42.8 Å². The average molecular weight is 362 g/mol. The molecule has 5 nitrogen and oxygen atoms in total. The summed E-state index contributed by atoms with van der Waals surface area (Å²) >= 11 is 1.11. The van der Waals surface area contributed by atoms with Crippen molar-refractivity contribution in [3.05, 3.63) is 29.8 Å². The van der Waals surface area contributed by atoms with Crippen LogP contribution in [0.5, 0.6) is 5.75 Å². The molecule has 0 aliphatic carbocycles. The Kier molecular flexibility index (Phi) is 6.37. The van der Waals surface area contributed by atoms with Crippen molar-refractivity contribution in [2.45, 2.75) is 44.8 Å². The van der Waals surface area contributed by atoms with E-state index in [1.165, 1.54) is 10.5 Å². The maximum absolute atomic E-state index is 11.5. The number of fused-ring (bicyclic) bond motifs is 1. The molecule has 2 amide bonds. The van der Waals surface area contributed by atoms with Crippen LogP contribution in [0, 0.1) is 0 Å². The standard InChI is InChI=1S/C19H26N2O3S/c1-20(18-11-10-15-8-4-5-9-16(15)24-18)12-6-2-3-7-13-21-17(22)14-25-19(21)23/h4-5,8-9,18H,2-3,6-7,10-14H2,1H3. The van der Waals surface area contributed by atoms with Crippen molar-refractivity contribution in [1.82, 2.24) is 9.80 Å². The minimum absolute atomic E-state index is 0.0375. The predicted molar refractivity (Wildman–Crippen MR) is 99.8 cm³/mol. The number of thioether (sulfide) groups is 1. The third kappa shape index (κ3) is 4.76. The van der Waals surface area contributed by atoms with E-state index in [4.69, 9.17) is 4.74 Å². The molecule has 1 unspecified atom stereocenters. The van der Waals surface area contributed by atoms with Crippen molar-refractivity contribution in [1.29, 1.82) is 0 Å². The minimum Gasteiger partial charge on any atom is -0.475 e. The number of rotatable bonds is 8. The summed E-state index contributed by atoms with van der Waals surface area (Å²) in [4.78, 5) is 26.7. The summed E-state index contributed by atoms with van der Waals surface area (Å²) in [5.74, 6) is 1.29. The molecule has 0 N–H and O–H groups in total.